The van der Waals surface area contributed by atoms with E-state index in [4.69, 9.17) is 14.6 Å². The Morgan fingerprint density at radius 1 is 0.735 bits per heavy atom. The summed E-state index contributed by atoms with van der Waals surface area (Å²) >= 11 is 0. The molecule has 0 saturated heterocycles. The van der Waals surface area contributed by atoms with Crippen LogP contribution in [0.5, 0.6) is 11.5 Å². The first-order valence-electron chi connectivity index (χ1n) is 11.1. The summed E-state index contributed by atoms with van der Waals surface area (Å²) in [5.41, 5.74) is 5.38. The van der Waals surface area contributed by atoms with Gasteiger partial charge in [-0.1, -0.05) is 48.0 Å². The van der Waals surface area contributed by atoms with Crippen LogP contribution in [0.2, 0.25) is 0 Å². The Labute approximate surface area is 198 Å². The quantitative estimate of drug-likeness (QED) is 0.340. The molecule has 0 saturated carbocycles. The van der Waals surface area contributed by atoms with Crippen molar-refractivity contribution >= 4 is 10.8 Å². The van der Waals surface area contributed by atoms with Gasteiger partial charge in [-0.3, -0.25) is 0 Å². The van der Waals surface area contributed by atoms with Gasteiger partial charge >= 0.3 is 0 Å². The van der Waals surface area contributed by atoms with Crippen molar-refractivity contribution in [2.24, 2.45) is 0 Å². The fourth-order valence-electron chi connectivity index (χ4n) is 4.09. The van der Waals surface area contributed by atoms with Gasteiger partial charge in [-0.05, 0) is 71.8 Å². The number of nitrogens with zero attached hydrogens (tertiary/aromatic N) is 2. The second-order valence-corrected chi connectivity index (χ2v) is 8.31. The zero-order chi connectivity index (χ0) is 23.7. The summed E-state index contributed by atoms with van der Waals surface area (Å²) in [4.78, 5) is 0. The van der Waals surface area contributed by atoms with E-state index in [-0.39, 0.29) is 0 Å². The maximum absolute atomic E-state index is 11.3. The van der Waals surface area contributed by atoms with Gasteiger partial charge in [0.15, 0.2) is 0 Å². The molecule has 1 heterocycles. The molecule has 5 heteroatoms. The number of benzene rings is 4. The Kier molecular flexibility index (Phi) is 5.78. The smallest absolute Gasteiger partial charge is 0.123 e. The van der Waals surface area contributed by atoms with E-state index < -0.39 is 6.10 Å². The molecule has 1 N–H and O–H groups in total. The summed E-state index contributed by atoms with van der Waals surface area (Å²) in [5.74, 6) is 1.59. The van der Waals surface area contributed by atoms with Crippen LogP contribution in [0.1, 0.15) is 22.9 Å². The number of fused-ring (bicyclic) bond motifs is 1. The standard InChI is InChI=1S/C29H26N2O3/c1-19-4-6-20(7-5-19)28-18-27(30-31(28)24-11-14-25(33-2)15-12-24)29(32)23-9-8-22-17-26(34-3)13-10-21(22)16-23/h4-18,29,32H,1-3H3. The summed E-state index contributed by atoms with van der Waals surface area (Å²) in [6.45, 7) is 2.06. The first-order chi connectivity index (χ1) is 16.6. The van der Waals surface area contributed by atoms with Crippen LogP contribution in [0.25, 0.3) is 27.7 Å². The van der Waals surface area contributed by atoms with E-state index >= 15 is 0 Å². The number of aryl methyl sites for hydroxylation is 1. The molecule has 4 aromatic carbocycles. The van der Waals surface area contributed by atoms with Gasteiger partial charge in [0, 0.05) is 5.56 Å². The molecule has 1 atom stereocenters. The first-order valence-corrected chi connectivity index (χ1v) is 11.1. The summed E-state index contributed by atoms with van der Waals surface area (Å²) < 4.78 is 12.5. The number of rotatable bonds is 6. The fraction of sp³-hybridized carbons (Fsp3) is 0.138. The van der Waals surface area contributed by atoms with Crippen LogP contribution in [-0.2, 0) is 0 Å². The lowest BCUT2D eigenvalue weighted by Crippen LogP contribution is -2.03. The van der Waals surface area contributed by atoms with Gasteiger partial charge < -0.3 is 14.6 Å². The predicted molar refractivity (Wildman–Crippen MR) is 135 cm³/mol. The molecular formula is C29H26N2O3. The van der Waals surface area contributed by atoms with E-state index in [1.807, 2.05) is 71.4 Å². The summed E-state index contributed by atoms with van der Waals surface area (Å²) in [7, 11) is 3.30. The van der Waals surface area contributed by atoms with E-state index in [1.54, 1.807) is 14.2 Å². The molecule has 0 fully saturated rings. The van der Waals surface area contributed by atoms with Gasteiger partial charge in [0.1, 0.15) is 17.6 Å². The van der Waals surface area contributed by atoms with Gasteiger partial charge in [0.05, 0.1) is 31.3 Å². The highest BCUT2D eigenvalue weighted by atomic mass is 16.5. The number of ether oxygens (including phenoxy) is 2. The molecule has 0 amide bonds. The number of methoxy groups -OCH3 is 2. The normalized spacial score (nSPS) is 12.0. The maximum Gasteiger partial charge on any atom is 0.123 e. The van der Waals surface area contributed by atoms with Crippen LogP contribution >= 0.6 is 0 Å². The molecule has 5 aromatic rings. The van der Waals surface area contributed by atoms with Crippen molar-refractivity contribution < 1.29 is 14.6 Å². The molecule has 0 aliphatic rings. The molecule has 34 heavy (non-hydrogen) atoms. The SMILES string of the molecule is COc1ccc(-n2nc(C(O)c3ccc4cc(OC)ccc4c3)cc2-c2ccc(C)cc2)cc1. The zero-order valence-corrected chi connectivity index (χ0v) is 19.4. The van der Waals surface area contributed by atoms with E-state index in [9.17, 15) is 5.11 Å². The lowest BCUT2D eigenvalue weighted by Gasteiger charge is -2.11. The molecule has 1 unspecified atom stereocenters. The summed E-state index contributed by atoms with van der Waals surface area (Å²) in [6.07, 6.45) is -0.866. The molecule has 5 nitrogen and oxygen atoms in total. The Morgan fingerprint density at radius 2 is 1.38 bits per heavy atom. The fourth-order valence-corrected chi connectivity index (χ4v) is 4.09. The molecule has 1 aromatic heterocycles. The average Bonchev–Trinajstić information content (AvgIpc) is 3.33. The van der Waals surface area contributed by atoms with Crippen molar-refractivity contribution in [3.05, 3.63) is 108 Å². The number of aliphatic hydroxyl groups excluding tert-OH is 1. The zero-order valence-electron chi connectivity index (χ0n) is 19.4. The second kappa shape index (κ2) is 9.04. The minimum absolute atomic E-state index is 0.583. The van der Waals surface area contributed by atoms with Crippen LogP contribution in [0.3, 0.4) is 0 Å². The summed E-state index contributed by atoms with van der Waals surface area (Å²) in [5, 5.41) is 18.2. The third kappa shape index (κ3) is 4.14. The van der Waals surface area contributed by atoms with Gasteiger partial charge in [0.2, 0.25) is 0 Å². The molecule has 170 valence electrons. The second-order valence-electron chi connectivity index (χ2n) is 8.31. The molecule has 0 radical (unpaired) electrons. The van der Waals surface area contributed by atoms with Crippen molar-refractivity contribution in [3.63, 3.8) is 0 Å². The topological polar surface area (TPSA) is 56.5 Å². The Balaban J connectivity index is 1.58. The highest BCUT2D eigenvalue weighted by Gasteiger charge is 2.19. The largest absolute Gasteiger partial charge is 0.497 e. The third-order valence-electron chi connectivity index (χ3n) is 6.06. The molecule has 0 bridgehead atoms. The minimum atomic E-state index is -0.866. The maximum atomic E-state index is 11.3. The highest BCUT2D eigenvalue weighted by molar-refractivity contribution is 5.84. The predicted octanol–water partition coefficient (Wildman–Crippen LogP) is 6.10. The Hall–Kier alpha value is -4.09. The Bertz CT molecular complexity index is 1440. The van der Waals surface area contributed by atoms with Crippen LogP contribution in [0, 0.1) is 6.92 Å². The van der Waals surface area contributed by atoms with E-state index in [1.165, 1.54) is 5.56 Å². The van der Waals surface area contributed by atoms with Crippen LogP contribution < -0.4 is 9.47 Å². The molecule has 0 aliphatic carbocycles. The van der Waals surface area contributed by atoms with Gasteiger partial charge in [0.25, 0.3) is 0 Å². The van der Waals surface area contributed by atoms with Crippen molar-refractivity contribution in [1.29, 1.82) is 0 Å². The van der Waals surface area contributed by atoms with Gasteiger partial charge in [-0.15, -0.1) is 0 Å². The lowest BCUT2D eigenvalue weighted by molar-refractivity contribution is 0.215. The van der Waals surface area contributed by atoms with Crippen LogP contribution in [-0.4, -0.2) is 29.1 Å². The molecular weight excluding hydrogens is 424 g/mol. The number of hydrogen-bond acceptors (Lipinski definition) is 4. The van der Waals surface area contributed by atoms with Crippen molar-refractivity contribution in [2.45, 2.75) is 13.0 Å². The number of hydrogen-bond donors (Lipinski definition) is 1. The van der Waals surface area contributed by atoms with Crippen LogP contribution in [0.15, 0.2) is 91.0 Å². The first kappa shape index (κ1) is 21.7. The molecule has 0 spiro atoms. The van der Waals surface area contributed by atoms with Gasteiger partial charge in [-0.25, -0.2) is 4.68 Å². The third-order valence-corrected chi connectivity index (χ3v) is 6.06. The number of aromatic nitrogens is 2. The highest BCUT2D eigenvalue weighted by Crippen LogP contribution is 2.31. The number of aliphatic hydroxyl groups is 1. The average molecular weight is 451 g/mol. The lowest BCUT2D eigenvalue weighted by atomic mass is 10.0. The summed E-state index contributed by atoms with van der Waals surface area (Å²) in [6, 6.07) is 29.8. The van der Waals surface area contributed by atoms with E-state index in [2.05, 4.69) is 31.2 Å². The van der Waals surface area contributed by atoms with Crippen LogP contribution in [0.4, 0.5) is 0 Å². The van der Waals surface area contributed by atoms with E-state index in [0.29, 0.717) is 5.69 Å². The molecule has 5 rings (SSSR count). The Morgan fingerprint density at radius 3 is 2.09 bits per heavy atom. The van der Waals surface area contributed by atoms with Gasteiger partial charge in [-0.2, -0.15) is 5.10 Å². The van der Waals surface area contributed by atoms with Crippen molar-refractivity contribution in [1.82, 2.24) is 9.78 Å². The van der Waals surface area contributed by atoms with Crippen molar-refractivity contribution in [2.75, 3.05) is 14.2 Å². The minimum Gasteiger partial charge on any atom is -0.497 e. The monoisotopic (exact) mass is 450 g/mol. The molecule has 0 aliphatic heterocycles. The van der Waals surface area contributed by atoms with E-state index in [0.717, 1.165) is 44.8 Å². The van der Waals surface area contributed by atoms with Crippen molar-refractivity contribution in [3.8, 4) is 28.4 Å².